The molecule has 0 unspecified atom stereocenters. The summed E-state index contributed by atoms with van der Waals surface area (Å²) in [7, 11) is 0. The Balaban J connectivity index is 1.96. The molecule has 0 aromatic rings. The standard InChI is InChI=1S/C14H26N2O4/c15-14(18)5-7-19-9-12-1-3-13(4-2-12)10-20-8-6-16-11-17/h11-13H,1-10H2,(H2,15,18)(H,16,17). The highest BCUT2D eigenvalue weighted by Crippen LogP contribution is 2.29. The third-order valence-electron chi connectivity index (χ3n) is 3.64. The van der Waals surface area contributed by atoms with Crippen LogP contribution in [0.3, 0.4) is 0 Å². The molecule has 116 valence electrons. The van der Waals surface area contributed by atoms with Gasteiger partial charge >= 0.3 is 0 Å². The number of nitrogens with two attached hydrogens (primary N) is 1. The Morgan fingerprint density at radius 2 is 1.65 bits per heavy atom. The molecule has 0 radical (unpaired) electrons. The van der Waals surface area contributed by atoms with Crippen LogP contribution in [0.5, 0.6) is 0 Å². The zero-order valence-corrected chi connectivity index (χ0v) is 12.0. The van der Waals surface area contributed by atoms with Gasteiger partial charge in [-0.25, -0.2) is 0 Å². The fourth-order valence-electron chi connectivity index (χ4n) is 2.43. The number of nitrogens with one attached hydrogen (secondary N) is 1. The molecule has 0 aliphatic heterocycles. The molecule has 0 saturated heterocycles. The summed E-state index contributed by atoms with van der Waals surface area (Å²) in [4.78, 5) is 20.6. The highest BCUT2D eigenvalue weighted by Gasteiger charge is 2.21. The second-order valence-corrected chi connectivity index (χ2v) is 5.32. The minimum atomic E-state index is -0.310. The van der Waals surface area contributed by atoms with Crippen molar-refractivity contribution >= 4 is 12.3 Å². The molecule has 6 nitrogen and oxygen atoms in total. The van der Waals surface area contributed by atoms with Crippen LogP contribution in [0.1, 0.15) is 32.1 Å². The van der Waals surface area contributed by atoms with E-state index in [1.165, 1.54) is 0 Å². The first-order valence-corrected chi connectivity index (χ1v) is 7.33. The summed E-state index contributed by atoms with van der Waals surface area (Å²) < 4.78 is 11.0. The van der Waals surface area contributed by atoms with Crippen molar-refractivity contribution in [1.82, 2.24) is 5.32 Å². The molecule has 1 fully saturated rings. The summed E-state index contributed by atoms with van der Waals surface area (Å²) in [6, 6.07) is 0. The monoisotopic (exact) mass is 286 g/mol. The molecule has 1 saturated carbocycles. The van der Waals surface area contributed by atoms with E-state index in [0.717, 1.165) is 38.9 Å². The van der Waals surface area contributed by atoms with E-state index >= 15 is 0 Å². The lowest BCUT2D eigenvalue weighted by molar-refractivity contribution is -0.119. The largest absolute Gasteiger partial charge is 0.381 e. The highest BCUT2D eigenvalue weighted by atomic mass is 16.5. The zero-order valence-electron chi connectivity index (χ0n) is 12.0. The number of hydrogen-bond donors (Lipinski definition) is 2. The van der Waals surface area contributed by atoms with Crippen LogP contribution in [0.4, 0.5) is 0 Å². The zero-order chi connectivity index (χ0) is 14.6. The van der Waals surface area contributed by atoms with Crippen LogP contribution in [0.2, 0.25) is 0 Å². The van der Waals surface area contributed by atoms with E-state index in [0.29, 0.717) is 44.4 Å². The third-order valence-corrected chi connectivity index (χ3v) is 3.64. The molecule has 3 N–H and O–H groups in total. The van der Waals surface area contributed by atoms with Crippen LogP contribution >= 0.6 is 0 Å². The van der Waals surface area contributed by atoms with Gasteiger partial charge in [0.15, 0.2) is 0 Å². The average Bonchev–Trinajstić information content (AvgIpc) is 2.44. The van der Waals surface area contributed by atoms with Gasteiger partial charge in [-0.05, 0) is 37.5 Å². The van der Waals surface area contributed by atoms with Gasteiger partial charge in [0.2, 0.25) is 12.3 Å². The first kappa shape index (κ1) is 16.9. The van der Waals surface area contributed by atoms with Crippen molar-refractivity contribution in [3.63, 3.8) is 0 Å². The topological polar surface area (TPSA) is 90.7 Å². The molecule has 1 rings (SSSR count). The third kappa shape index (κ3) is 8.12. The maximum atomic E-state index is 10.6. The second kappa shape index (κ2) is 10.6. The Morgan fingerprint density at radius 3 is 2.15 bits per heavy atom. The Morgan fingerprint density at radius 1 is 1.10 bits per heavy atom. The molecule has 0 spiro atoms. The summed E-state index contributed by atoms with van der Waals surface area (Å²) in [6.45, 7) is 3.09. The van der Waals surface area contributed by atoms with E-state index in [2.05, 4.69) is 5.32 Å². The Bertz CT molecular complexity index is 278. The fraction of sp³-hybridized carbons (Fsp3) is 0.857. The molecule has 2 amide bonds. The average molecular weight is 286 g/mol. The molecule has 1 aliphatic rings. The Hall–Kier alpha value is -1.14. The number of carbonyl (C=O) groups excluding carboxylic acids is 2. The predicted octanol–water partition coefficient (Wildman–Crippen LogP) is 0.447. The van der Waals surface area contributed by atoms with E-state index < -0.39 is 0 Å². The fourth-order valence-corrected chi connectivity index (χ4v) is 2.43. The normalized spacial score (nSPS) is 22.4. The number of rotatable bonds is 11. The lowest BCUT2D eigenvalue weighted by atomic mass is 9.83. The van der Waals surface area contributed by atoms with Crippen molar-refractivity contribution in [2.45, 2.75) is 32.1 Å². The van der Waals surface area contributed by atoms with E-state index in [9.17, 15) is 9.59 Å². The summed E-state index contributed by atoms with van der Waals surface area (Å²) in [5.74, 6) is 0.902. The van der Waals surface area contributed by atoms with E-state index in [4.69, 9.17) is 15.2 Å². The molecule has 0 aromatic heterocycles. The molecule has 20 heavy (non-hydrogen) atoms. The van der Waals surface area contributed by atoms with Gasteiger partial charge in [0.05, 0.1) is 13.2 Å². The van der Waals surface area contributed by atoms with Gasteiger partial charge in [0.1, 0.15) is 0 Å². The SMILES string of the molecule is NC(=O)CCOCC1CCC(COCCNC=O)CC1. The maximum absolute atomic E-state index is 10.6. The maximum Gasteiger partial charge on any atom is 0.219 e. The van der Waals surface area contributed by atoms with Crippen molar-refractivity contribution in [3.05, 3.63) is 0 Å². The Kier molecular flexibility index (Phi) is 8.98. The number of hydrogen-bond acceptors (Lipinski definition) is 4. The van der Waals surface area contributed by atoms with Crippen LogP contribution in [0, 0.1) is 11.8 Å². The van der Waals surface area contributed by atoms with Crippen molar-refractivity contribution in [2.75, 3.05) is 33.0 Å². The first-order valence-electron chi connectivity index (χ1n) is 7.33. The molecule has 0 heterocycles. The van der Waals surface area contributed by atoms with Gasteiger partial charge in [-0.2, -0.15) is 0 Å². The van der Waals surface area contributed by atoms with Crippen molar-refractivity contribution < 1.29 is 19.1 Å². The molecule has 0 bridgehead atoms. The minimum absolute atomic E-state index is 0.304. The number of primary amides is 1. The summed E-state index contributed by atoms with van der Waals surface area (Å²) in [6.07, 6.45) is 5.61. The van der Waals surface area contributed by atoms with Crippen LogP contribution in [-0.4, -0.2) is 45.3 Å². The predicted molar refractivity (Wildman–Crippen MR) is 75.0 cm³/mol. The van der Waals surface area contributed by atoms with Crippen LogP contribution in [-0.2, 0) is 19.1 Å². The number of ether oxygens (including phenoxy) is 2. The van der Waals surface area contributed by atoms with Crippen LogP contribution in [0.25, 0.3) is 0 Å². The smallest absolute Gasteiger partial charge is 0.219 e. The van der Waals surface area contributed by atoms with Gasteiger partial charge < -0.3 is 20.5 Å². The summed E-state index contributed by atoms with van der Waals surface area (Å²) in [5.41, 5.74) is 5.05. The van der Waals surface area contributed by atoms with E-state index in [-0.39, 0.29) is 5.91 Å². The van der Waals surface area contributed by atoms with Crippen molar-refractivity contribution in [2.24, 2.45) is 17.6 Å². The quantitative estimate of drug-likeness (QED) is 0.426. The highest BCUT2D eigenvalue weighted by molar-refractivity contribution is 5.73. The molecular formula is C14H26N2O4. The summed E-state index contributed by atoms with van der Waals surface area (Å²) in [5, 5.41) is 2.57. The van der Waals surface area contributed by atoms with Crippen molar-refractivity contribution in [3.8, 4) is 0 Å². The Labute approximate surface area is 120 Å². The first-order chi connectivity index (χ1) is 9.72. The molecule has 0 atom stereocenters. The summed E-state index contributed by atoms with van der Waals surface area (Å²) >= 11 is 0. The second-order valence-electron chi connectivity index (χ2n) is 5.32. The van der Waals surface area contributed by atoms with Crippen molar-refractivity contribution in [1.29, 1.82) is 0 Å². The molecule has 1 aliphatic carbocycles. The van der Waals surface area contributed by atoms with Gasteiger partial charge in [0, 0.05) is 26.2 Å². The lowest BCUT2D eigenvalue weighted by Gasteiger charge is -2.28. The van der Waals surface area contributed by atoms with Gasteiger partial charge in [-0.1, -0.05) is 0 Å². The van der Waals surface area contributed by atoms with Gasteiger partial charge in [0.25, 0.3) is 0 Å². The van der Waals surface area contributed by atoms with Gasteiger partial charge in [-0.15, -0.1) is 0 Å². The number of carbonyl (C=O) groups is 2. The van der Waals surface area contributed by atoms with E-state index in [1.807, 2.05) is 0 Å². The van der Waals surface area contributed by atoms with Crippen LogP contribution < -0.4 is 11.1 Å². The van der Waals surface area contributed by atoms with E-state index in [1.54, 1.807) is 0 Å². The molecular weight excluding hydrogens is 260 g/mol. The lowest BCUT2D eigenvalue weighted by Crippen LogP contribution is -2.24. The van der Waals surface area contributed by atoms with Crippen LogP contribution in [0.15, 0.2) is 0 Å². The molecule has 0 aromatic carbocycles. The van der Waals surface area contributed by atoms with Gasteiger partial charge in [-0.3, -0.25) is 9.59 Å². The number of amides is 2. The minimum Gasteiger partial charge on any atom is -0.381 e. The molecule has 6 heteroatoms.